The Kier molecular flexibility index (Phi) is 4.90. The average molecular weight is 223 g/mol. The molecular formula is C13H21NO2. The second-order valence-electron chi connectivity index (χ2n) is 4.49. The first-order valence-corrected chi connectivity index (χ1v) is 6.26. The molecule has 1 heterocycles. The quantitative estimate of drug-likeness (QED) is 0.688. The summed E-state index contributed by atoms with van der Waals surface area (Å²) < 4.78 is 10.7. The molecule has 3 nitrogen and oxygen atoms in total. The molecule has 1 aromatic heterocycles. The lowest BCUT2D eigenvalue weighted by Gasteiger charge is -2.25. The second kappa shape index (κ2) is 6.71. The molecule has 0 aromatic carbocycles. The fourth-order valence-electron chi connectivity index (χ4n) is 1.87. The van der Waals surface area contributed by atoms with Crippen LogP contribution in [-0.4, -0.2) is 19.7 Å². The zero-order chi connectivity index (χ0) is 11.1. The van der Waals surface area contributed by atoms with E-state index in [-0.39, 0.29) is 0 Å². The molecule has 3 heteroatoms. The van der Waals surface area contributed by atoms with Crippen LogP contribution in [0, 0.1) is 5.92 Å². The minimum atomic E-state index is 0.593. The van der Waals surface area contributed by atoms with Crippen LogP contribution in [-0.2, 0) is 11.3 Å². The Morgan fingerprint density at radius 1 is 1.44 bits per heavy atom. The molecule has 0 bridgehead atoms. The van der Waals surface area contributed by atoms with Gasteiger partial charge in [0.2, 0.25) is 0 Å². The van der Waals surface area contributed by atoms with Gasteiger partial charge in [0.1, 0.15) is 12.4 Å². The first-order valence-electron chi connectivity index (χ1n) is 6.26. The molecule has 1 saturated carbocycles. The summed E-state index contributed by atoms with van der Waals surface area (Å²) >= 11 is 0. The molecule has 0 amide bonds. The van der Waals surface area contributed by atoms with Gasteiger partial charge in [-0.05, 0) is 50.4 Å². The predicted molar refractivity (Wildman–Crippen MR) is 63.2 cm³/mol. The Labute approximate surface area is 97.2 Å². The van der Waals surface area contributed by atoms with E-state index >= 15 is 0 Å². The maximum absolute atomic E-state index is 5.49. The van der Waals surface area contributed by atoms with Crippen LogP contribution < -0.4 is 5.32 Å². The zero-order valence-electron chi connectivity index (χ0n) is 9.78. The highest BCUT2D eigenvalue weighted by molar-refractivity contribution is 4.95. The minimum Gasteiger partial charge on any atom is -0.467 e. The van der Waals surface area contributed by atoms with Gasteiger partial charge in [-0.3, -0.25) is 0 Å². The van der Waals surface area contributed by atoms with E-state index in [4.69, 9.17) is 9.15 Å². The largest absolute Gasteiger partial charge is 0.467 e. The van der Waals surface area contributed by atoms with E-state index in [9.17, 15) is 0 Å². The van der Waals surface area contributed by atoms with Crippen LogP contribution in [0.2, 0.25) is 0 Å². The Bertz CT molecular complexity index is 267. The van der Waals surface area contributed by atoms with Crippen LogP contribution in [0.1, 0.15) is 31.4 Å². The Hall–Kier alpha value is -0.800. The maximum atomic E-state index is 5.49. The third-order valence-electron chi connectivity index (χ3n) is 3.12. The molecule has 0 saturated heterocycles. The maximum Gasteiger partial charge on any atom is 0.129 e. The van der Waals surface area contributed by atoms with Gasteiger partial charge in [-0.1, -0.05) is 6.42 Å². The van der Waals surface area contributed by atoms with Crippen molar-refractivity contribution in [3.63, 3.8) is 0 Å². The number of furan rings is 1. The first-order chi connectivity index (χ1) is 7.95. The third kappa shape index (κ3) is 3.99. The van der Waals surface area contributed by atoms with E-state index in [1.807, 2.05) is 12.1 Å². The smallest absolute Gasteiger partial charge is 0.129 e. The number of rotatable bonds is 8. The molecule has 0 unspecified atom stereocenters. The van der Waals surface area contributed by atoms with E-state index < -0.39 is 0 Å². The molecule has 1 aliphatic carbocycles. The summed E-state index contributed by atoms with van der Waals surface area (Å²) in [4.78, 5) is 0. The van der Waals surface area contributed by atoms with Gasteiger partial charge in [0.05, 0.1) is 6.26 Å². The van der Waals surface area contributed by atoms with Crippen LogP contribution in [0.4, 0.5) is 0 Å². The molecule has 0 atom stereocenters. The van der Waals surface area contributed by atoms with Gasteiger partial charge >= 0.3 is 0 Å². The van der Waals surface area contributed by atoms with Crippen molar-refractivity contribution in [3.8, 4) is 0 Å². The molecule has 0 radical (unpaired) electrons. The summed E-state index contributed by atoms with van der Waals surface area (Å²) in [6.07, 6.45) is 7.02. The van der Waals surface area contributed by atoms with E-state index in [1.165, 1.54) is 25.8 Å². The minimum absolute atomic E-state index is 0.593. The van der Waals surface area contributed by atoms with Gasteiger partial charge in [-0.15, -0.1) is 0 Å². The number of ether oxygens (including phenoxy) is 1. The molecular weight excluding hydrogens is 202 g/mol. The summed E-state index contributed by atoms with van der Waals surface area (Å²) in [5.74, 6) is 1.85. The molecule has 90 valence electrons. The monoisotopic (exact) mass is 223 g/mol. The van der Waals surface area contributed by atoms with Crippen LogP contribution in [0.3, 0.4) is 0 Å². The second-order valence-corrected chi connectivity index (χ2v) is 4.49. The van der Waals surface area contributed by atoms with Crippen LogP contribution in [0.25, 0.3) is 0 Å². The lowest BCUT2D eigenvalue weighted by Crippen LogP contribution is -2.28. The van der Waals surface area contributed by atoms with E-state index in [0.29, 0.717) is 6.61 Å². The first kappa shape index (κ1) is 11.7. The number of nitrogens with one attached hydrogen (secondary N) is 1. The summed E-state index contributed by atoms with van der Waals surface area (Å²) in [6, 6.07) is 3.83. The SMILES string of the molecule is c1coc(COCCCNCC2CCC2)c1. The normalized spacial score (nSPS) is 16.2. The average Bonchev–Trinajstić information content (AvgIpc) is 2.72. The van der Waals surface area contributed by atoms with Gasteiger partial charge in [0, 0.05) is 6.61 Å². The van der Waals surface area contributed by atoms with Crippen molar-refractivity contribution in [1.82, 2.24) is 5.32 Å². The standard InChI is InChI=1S/C13H21NO2/c1-4-12(5-1)10-14-7-3-8-15-11-13-6-2-9-16-13/h2,6,9,12,14H,1,3-5,7-8,10-11H2. The highest BCUT2D eigenvalue weighted by Crippen LogP contribution is 2.24. The lowest BCUT2D eigenvalue weighted by molar-refractivity contribution is 0.103. The molecule has 0 spiro atoms. The molecule has 1 aromatic rings. The Morgan fingerprint density at radius 2 is 2.38 bits per heavy atom. The van der Waals surface area contributed by atoms with E-state index in [0.717, 1.165) is 31.3 Å². The molecule has 1 N–H and O–H groups in total. The summed E-state index contributed by atoms with van der Waals surface area (Å²) in [7, 11) is 0. The fraction of sp³-hybridized carbons (Fsp3) is 0.692. The number of hydrogen-bond acceptors (Lipinski definition) is 3. The van der Waals surface area contributed by atoms with Crippen LogP contribution in [0.15, 0.2) is 22.8 Å². The van der Waals surface area contributed by atoms with E-state index in [1.54, 1.807) is 6.26 Å². The molecule has 0 aliphatic heterocycles. The van der Waals surface area contributed by atoms with Crippen molar-refractivity contribution < 1.29 is 9.15 Å². The van der Waals surface area contributed by atoms with Crippen molar-refractivity contribution in [2.24, 2.45) is 5.92 Å². The van der Waals surface area contributed by atoms with Gasteiger partial charge in [-0.25, -0.2) is 0 Å². The lowest BCUT2D eigenvalue weighted by atomic mass is 9.85. The van der Waals surface area contributed by atoms with Crippen molar-refractivity contribution in [2.45, 2.75) is 32.3 Å². The summed E-state index contributed by atoms with van der Waals surface area (Å²) in [5.41, 5.74) is 0. The fourth-order valence-corrected chi connectivity index (χ4v) is 1.87. The predicted octanol–water partition coefficient (Wildman–Crippen LogP) is 2.58. The van der Waals surface area contributed by atoms with Crippen LogP contribution in [0.5, 0.6) is 0 Å². The van der Waals surface area contributed by atoms with Gasteiger partial charge in [0.15, 0.2) is 0 Å². The van der Waals surface area contributed by atoms with Crippen molar-refractivity contribution in [1.29, 1.82) is 0 Å². The third-order valence-corrected chi connectivity index (χ3v) is 3.12. The summed E-state index contributed by atoms with van der Waals surface area (Å²) in [6.45, 7) is 3.65. The number of hydrogen-bond donors (Lipinski definition) is 1. The van der Waals surface area contributed by atoms with Crippen molar-refractivity contribution in [3.05, 3.63) is 24.2 Å². The molecule has 2 rings (SSSR count). The van der Waals surface area contributed by atoms with Gasteiger partial charge < -0.3 is 14.5 Å². The van der Waals surface area contributed by atoms with Crippen molar-refractivity contribution in [2.75, 3.05) is 19.7 Å². The molecule has 1 aliphatic rings. The molecule has 1 fully saturated rings. The van der Waals surface area contributed by atoms with Crippen LogP contribution >= 0.6 is 0 Å². The molecule has 16 heavy (non-hydrogen) atoms. The van der Waals surface area contributed by atoms with Gasteiger partial charge in [-0.2, -0.15) is 0 Å². The highest BCUT2D eigenvalue weighted by atomic mass is 16.5. The van der Waals surface area contributed by atoms with Crippen molar-refractivity contribution >= 4 is 0 Å². The highest BCUT2D eigenvalue weighted by Gasteiger charge is 2.15. The Morgan fingerprint density at radius 3 is 3.06 bits per heavy atom. The summed E-state index contributed by atoms with van der Waals surface area (Å²) in [5, 5.41) is 3.48. The zero-order valence-corrected chi connectivity index (χ0v) is 9.78. The van der Waals surface area contributed by atoms with E-state index in [2.05, 4.69) is 5.32 Å². The van der Waals surface area contributed by atoms with Gasteiger partial charge in [0.25, 0.3) is 0 Å². The Balaban J connectivity index is 1.37. The topological polar surface area (TPSA) is 34.4 Å².